The van der Waals surface area contributed by atoms with Crippen LogP contribution in [-0.4, -0.2) is 31.6 Å². The van der Waals surface area contributed by atoms with Gasteiger partial charge in [0.15, 0.2) is 5.03 Å². The summed E-state index contributed by atoms with van der Waals surface area (Å²) in [4.78, 5) is 3.89. The number of hydrogen-bond donors (Lipinski definition) is 2. The summed E-state index contributed by atoms with van der Waals surface area (Å²) in [5.41, 5.74) is 5.52. The Hall–Kier alpha value is -2.48. The number of nitrogens with zero attached hydrogens (tertiary/aromatic N) is 2. The molecule has 158 valence electrons. The second-order valence-electron chi connectivity index (χ2n) is 8.10. The Morgan fingerprint density at radius 2 is 1.97 bits per heavy atom. The quantitative estimate of drug-likeness (QED) is 0.581. The van der Waals surface area contributed by atoms with Crippen molar-refractivity contribution in [2.75, 3.05) is 13.6 Å². The molecule has 3 N–H and O–H groups in total. The van der Waals surface area contributed by atoms with Gasteiger partial charge in [-0.25, -0.2) is 18.5 Å². The maximum atomic E-state index is 11.4. The number of nitrogens with one attached hydrogen (secondary N) is 1. The van der Waals surface area contributed by atoms with Gasteiger partial charge in [-0.15, -0.1) is 0 Å². The van der Waals surface area contributed by atoms with Crippen molar-refractivity contribution in [3.8, 4) is 0 Å². The molecule has 2 aromatic carbocycles. The van der Waals surface area contributed by atoms with Crippen LogP contribution in [0.15, 0.2) is 66.1 Å². The highest BCUT2D eigenvalue weighted by atomic mass is 32.2. The third-order valence-corrected chi connectivity index (χ3v) is 6.78. The summed E-state index contributed by atoms with van der Waals surface area (Å²) < 4.78 is 24.6. The highest BCUT2D eigenvalue weighted by Gasteiger charge is 2.32. The van der Waals surface area contributed by atoms with Crippen LogP contribution in [0.5, 0.6) is 0 Å². The fourth-order valence-electron chi connectivity index (χ4n) is 4.50. The van der Waals surface area contributed by atoms with Gasteiger partial charge in [-0.2, -0.15) is 0 Å². The second-order valence-corrected chi connectivity index (χ2v) is 9.60. The van der Waals surface area contributed by atoms with Crippen molar-refractivity contribution >= 4 is 10.0 Å². The Balaban J connectivity index is 1.52. The normalized spacial score (nSPS) is 18.5. The Bertz CT molecular complexity index is 1110. The lowest BCUT2D eigenvalue weighted by atomic mass is 9.86. The number of nitrogens with two attached hydrogens (primary N) is 1. The lowest BCUT2D eigenvalue weighted by Crippen LogP contribution is -2.23. The Morgan fingerprint density at radius 1 is 1.17 bits per heavy atom. The number of fused-ring (bicyclic) bond motifs is 1. The van der Waals surface area contributed by atoms with Crippen LogP contribution in [-0.2, 0) is 35.8 Å². The number of aryl methyl sites for hydroxylation is 2. The summed E-state index contributed by atoms with van der Waals surface area (Å²) in [6.45, 7) is 1.66. The molecule has 6 nitrogen and oxygen atoms in total. The van der Waals surface area contributed by atoms with Crippen LogP contribution in [0.2, 0.25) is 0 Å². The highest BCUT2D eigenvalue weighted by Crippen LogP contribution is 2.40. The smallest absolute Gasteiger partial charge is 0.257 e. The average Bonchev–Trinajstić information content (AvgIpc) is 3.33. The highest BCUT2D eigenvalue weighted by molar-refractivity contribution is 7.89. The zero-order valence-electron chi connectivity index (χ0n) is 17.2. The number of rotatable bonds is 8. The van der Waals surface area contributed by atoms with Crippen LogP contribution in [0.4, 0.5) is 0 Å². The van der Waals surface area contributed by atoms with Gasteiger partial charge in [-0.05, 0) is 66.9 Å². The van der Waals surface area contributed by atoms with Gasteiger partial charge in [0.1, 0.15) is 0 Å². The van der Waals surface area contributed by atoms with Crippen LogP contribution < -0.4 is 10.5 Å². The van der Waals surface area contributed by atoms with Gasteiger partial charge < -0.3 is 9.88 Å². The molecule has 0 spiro atoms. The van der Waals surface area contributed by atoms with Crippen molar-refractivity contribution in [3.63, 3.8) is 0 Å². The minimum Gasteiger partial charge on any atom is -0.336 e. The van der Waals surface area contributed by atoms with Crippen molar-refractivity contribution in [2.24, 2.45) is 11.1 Å². The molecule has 0 amide bonds. The lowest BCUT2D eigenvalue weighted by molar-refractivity contribution is 0.436. The molecule has 1 heterocycles. The minimum absolute atomic E-state index is 0.0886. The fraction of sp³-hybridized carbons (Fsp3) is 0.348. The molecule has 0 saturated heterocycles. The Morgan fingerprint density at radius 3 is 2.67 bits per heavy atom. The molecular weight excluding hydrogens is 396 g/mol. The van der Waals surface area contributed by atoms with Crippen molar-refractivity contribution in [3.05, 3.63) is 83.3 Å². The molecule has 2 atom stereocenters. The Kier molecular flexibility index (Phi) is 6.04. The summed E-state index contributed by atoms with van der Waals surface area (Å²) in [5.74, 6) is 1.09. The molecule has 0 fully saturated rings. The van der Waals surface area contributed by atoms with E-state index in [0.717, 1.165) is 25.8 Å². The van der Waals surface area contributed by atoms with E-state index in [4.69, 9.17) is 5.14 Å². The number of sulfonamides is 1. The Labute approximate surface area is 178 Å². The molecule has 0 radical (unpaired) electrons. The van der Waals surface area contributed by atoms with Crippen molar-refractivity contribution < 1.29 is 8.42 Å². The predicted octanol–water partition coefficient (Wildman–Crippen LogP) is 2.49. The van der Waals surface area contributed by atoms with Gasteiger partial charge in [0.2, 0.25) is 0 Å². The summed E-state index contributed by atoms with van der Waals surface area (Å²) in [7, 11) is -1.74. The molecule has 1 aliphatic rings. The lowest BCUT2D eigenvalue weighted by Gasteiger charge is -2.21. The van der Waals surface area contributed by atoms with Crippen molar-refractivity contribution in [1.29, 1.82) is 0 Å². The van der Waals surface area contributed by atoms with Crippen LogP contribution in [0.1, 0.15) is 28.2 Å². The molecule has 0 bridgehead atoms. The first kappa shape index (κ1) is 20.8. The summed E-state index contributed by atoms with van der Waals surface area (Å²) >= 11 is 0. The average molecular weight is 425 g/mol. The summed E-state index contributed by atoms with van der Waals surface area (Å²) in [6.07, 6.45) is 5.97. The van der Waals surface area contributed by atoms with E-state index in [9.17, 15) is 8.42 Å². The standard InChI is InChI=1S/C23H28N4O2S/c1-25-14-20-13-19-8-7-18(9-10-27-15-23(26-16-27)30(24,28)29)12-21(19)22(20)11-17-5-3-2-4-6-17/h2-8,12,15-16,20,22,25H,9-11,13-14H2,1H3,(H2,24,28,29). The van der Waals surface area contributed by atoms with Gasteiger partial charge in [0.25, 0.3) is 10.0 Å². The molecule has 30 heavy (non-hydrogen) atoms. The van der Waals surface area contributed by atoms with Crippen LogP contribution >= 0.6 is 0 Å². The van der Waals surface area contributed by atoms with E-state index in [2.05, 4.69) is 58.8 Å². The van der Waals surface area contributed by atoms with E-state index in [1.54, 1.807) is 4.57 Å². The molecule has 0 saturated carbocycles. The molecular formula is C23H28N4O2S. The van der Waals surface area contributed by atoms with E-state index >= 15 is 0 Å². The maximum absolute atomic E-state index is 11.4. The van der Waals surface area contributed by atoms with E-state index in [1.807, 2.05) is 7.05 Å². The monoisotopic (exact) mass is 424 g/mol. The molecule has 0 aliphatic heterocycles. The first-order chi connectivity index (χ1) is 14.4. The molecule has 1 aromatic heterocycles. The third-order valence-electron chi connectivity index (χ3n) is 5.99. The maximum Gasteiger partial charge on any atom is 0.257 e. The number of benzene rings is 2. The fourth-order valence-corrected chi connectivity index (χ4v) is 4.97. The van der Waals surface area contributed by atoms with Gasteiger partial charge in [-0.3, -0.25) is 0 Å². The zero-order valence-corrected chi connectivity index (χ0v) is 18.0. The summed E-state index contributed by atoms with van der Waals surface area (Å²) in [5, 5.41) is 8.42. The first-order valence-corrected chi connectivity index (χ1v) is 11.8. The van der Waals surface area contributed by atoms with Gasteiger partial charge in [0, 0.05) is 12.7 Å². The number of aromatic nitrogens is 2. The third kappa shape index (κ3) is 4.64. The molecule has 7 heteroatoms. The number of hydrogen-bond acceptors (Lipinski definition) is 4. The zero-order chi connectivity index (χ0) is 21.1. The molecule has 2 unspecified atom stereocenters. The molecule has 4 rings (SSSR count). The minimum atomic E-state index is -3.76. The molecule has 1 aliphatic carbocycles. The summed E-state index contributed by atoms with van der Waals surface area (Å²) in [6, 6.07) is 17.5. The largest absolute Gasteiger partial charge is 0.336 e. The predicted molar refractivity (Wildman–Crippen MR) is 118 cm³/mol. The van der Waals surface area contributed by atoms with Gasteiger partial charge in [0.05, 0.1) is 6.33 Å². The van der Waals surface area contributed by atoms with Gasteiger partial charge >= 0.3 is 0 Å². The van der Waals surface area contributed by atoms with Crippen LogP contribution in [0.3, 0.4) is 0 Å². The first-order valence-electron chi connectivity index (χ1n) is 10.3. The number of imidazole rings is 1. The second kappa shape index (κ2) is 8.71. The molecule has 3 aromatic rings. The van der Waals surface area contributed by atoms with Gasteiger partial charge in [-0.1, -0.05) is 48.5 Å². The van der Waals surface area contributed by atoms with E-state index in [0.29, 0.717) is 18.4 Å². The van der Waals surface area contributed by atoms with Crippen molar-refractivity contribution in [1.82, 2.24) is 14.9 Å². The SMILES string of the molecule is CNCC1Cc2ccc(CCn3cnc(S(N)(=O)=O)c3)cc2C1Cc1ccccc1. The van der Waals surface area contributed by atoms with Crippen LogP contribution in [0, 0.1) is 5.92 Å². The van der Waals surface area contributed by atoms with Crippen LogP contribution in [0.25, 0.3) is 0 Å². The number of primary sulfonamides is 1. The topological polar surface area (TPSA) is 90.0 Å². The van der Waals surface area contributed by atoms with E-state index < -0.39 is 10.0 Å². The van der Waals surface area contributed by atoms with E-state index in [-0.39, 0.29) is 5.03 Å². The van der Waals surface area contributed by atoms with E-state index in [1.165, 1.54) is 34.8 Å². The van der Waals surface area contributed by atoms with Crippen molar-refractivity contribution in [2.45, 2.75) is 36.8 Å².